The summed E-state index contributed by atoms with van der Waals surface area (Å²) in [4.78, 5) is 28.2. The van der Waals surface area contributed by atoms with Gasteiger partial charge in [-0.2, -0.15) is 0 Å². The van der Waals surface area contributed by atoms with Crippen molar-refractivity contribution in [3.05, 3.63) is 71.0 Å². The number of aryl methyl sites for hydroxylation is 1. The largest absolute Gasteiger partial charge is 0.352 e. The molecule has 1 saturated carbocycles. The van der Waals surface area contributed by atoms with E-state index in [2.05, 4.69) is 5.32 Å². The van der Waals surface area contributed by atoms with Crippen LogP contribution in [0.2, 0.25) is 0 Å². The summed E-state index contributed by atoms with van der Waals surface area (Å²) in [6.07, 6.45) is 6.24. The van der Waals surface area contributed by atoms with Crippen LogP contribution < -0.4 is 5.32 Å². The monoisotopic (exact) mass is 424 g/mol. The van der Waals surface area contributed by atoms with Crippen LogP contribution in [0.1, 0.15) is 62.1 Å². The van der Waals surface area contributed by atoms with Gasteiger partial charge in [0.05, 0.1) is 6.42 Å². The number of benzene rings is 2. The molecule has 2 aromatic carbocycles. The van der Waals surface area contributed by atoms with Crippen LogP contribution in [0.25, 0.3) is 0 Å². The summed E-state index contributed by atoms with van der Waals surface area (Å²) in [5.74, 6) is -0.504. The molecule has 0 radical (unpaired) electrons. The molecule has 1 aliphatic rings. The summed E-state index contributed by atoms with van der Waals surface area (Å²) in [5.41, 5.74) is 2.86. The Morgan fingerprint density at radius 3 is 2.23 bits per heavy atom. The molecule has 0 aliphatic heterocycles. The van der Waals surface area contributed by atoms with Crippen molar-refractivity contribution in [2.45, 2.75) is 77.4 Å². The molecule has 2 aromatic rings. The number of nitrogens with zero attached hydrogens (tertiary/aromatic N) is 1. The molecule has 5 heteroatoms. The molecule has 0 saturated heterocycles. The van der Waals surface area contributed by atoms with Crippen molar-refractivity contribution >= 4 is 11.8 Å². The standard InChI is InChI=1S/C26H33FN2O2/c1-3-24(26(31)28-23-7-5-4-6-8-23)29(18-21-13-15-22(27)16-14-21)25(30)17-20-11-9-19(2)10-12-20/h9-16,23-24H,3-8,17-18H2,1-2H3,(H,28,31). The van der Waals surface area contributed by atoms with E-state index in [0.717, 1.165) is 42.4 Å². The highest BCUT2D eigenvalue weighted by atomic mass is 19.1. The molecule has 166 valence electrons. The van der Waals surface area contributed by atoms with Gasteiger partial charge in [0.1, 0.15) is 11.9 Å². The molecule has 4 nitrogen and oxygen atoms in total. The van der Waals surface area contributed by atoms with Gasteiger partial charge in [-0.1, -0.05) is 68.1 Å². The zero-order chi connectivity index (χ0) is 22.2. The van der Waals surface area contributed by atoms with Crippen LogP contribution in [0.15, 0.2) is 48.5 Å². The van der Waals surface area contributed by atoms with E-state index in [1.807, 2.05) is 38.1 Å². The lowest BCUT2D eigenvalue weighted by Crippen LogP contribution is -2.51. The molecule has 1 N–H and O–H groups in total. The van der Waals surface area contributed by atoms with Gasteiger partial charge in [0.2, 0.25) is 11.8 Å². The van der Waals surface area contributed by atoms with E-state index >= 15 is 0 Å². The fourth-order valence-corrected chi connectivity index (χ4v) is 4.23. The first-order chi connectivity index (χ1) is 15.0. The highest BCUT2D eigenvalue weighted by Crippen LogP contribution is 2.20. The predicted molar refractivity (Wildman–Crippen MR) is 121 cm³/mol. The highest BCUT2D eigenvalue weighted by molar-refractivity contribution is 5.88. The van der Waals surface area contributed by atoms with Gasteiger partial charge in [-0.3, -0.25) is 9.59 Å². The quantitative estimate of drug-likeness (QED) is 0.653. The second-order valence-electron chi connectivity index (χ2n) is 8.58. The number of halogens is 1. The lowest BCUT2D eigenvalue weighted by molar-refractivity contribution is -0.141. The number of amides is 2. The first-order valence-electron chi connectivity index (χ1n) is 11.4. The van der Waals surface area contributed by atoms with E-state index in [1.165, 1.54) is 18.6 Å². The Labute approximate surface area is 184 Å². The maximum absolute atomic E-state index is 13.4. The average Bonchev–Trinajstić information content (AvgIpc) is 2.77. The van der Waals surface area contributed by atoms with Crippen molar-refractivity contribution in [3.8, 4) is 0 Å². The summed E-state index contributed by atoms with van der Waals surface area (Å²) < 4.78 is 13.4. The molecule has 2 amide bonds. The number of hydrogen-bond donors (Lipinski definition) is 1. The zero-order valence-corrected chi connectivity index (χ0v) is 18.6. The first-order valence-corrected chi connectivity index (χ1v) is 11.4. The van der Waals surface area contributed by atoms with E-state index in [9.17, 15) is 14.0 Å². The molecule has 0 heterocycles. The summed E-state index contributed by atoms with van der Waals surface area (Å²) in [7, 11) is 0. The molecule has 1 unspecified atom stereocenters. The minimum atomic E-state index is -0.551. The van der Waals surface area contributed by atoms with Gasteiger partial charge < -0.3 is 10.2 Å². The van der Waals surface area contributed by atoms with Crippen molar-refractivity contribution in [2.75, 3.05) is 0 Å². The van der Waals surface area contributed by atoms with Gasteiger partial charge in [-0.05, 0) is 49.4 Å². The van der Waals surface area contributed by atoms with E-state index in [-0.39, 0.29) is 36.6 Å². The molecule has 1 aliphatic carbocycles. The van der Waals surface area contributed by atoms with Crippen LogP contribution in [0.5, 0.6) is 0 Å². The Kier molecular flexibility index (Phi) is 8.21. The highest BCUT2D eigenvalue weighted by Gasteiger charge is 2.30. The number of nitrogens with one attached hydrogen (secondary N) is 1. The molecule has 1 atom stereocenters. The van der Waals surface area contributed by atoms with E-state index in [1.54, 1.807) is 17.0 Å². The van der Waals surface area contributed by atoms with Gasteiger partial charge in [0, 0.05) is 12.6 Å². The smallest absolute Gasteiger partial charge is 0.243 e. The topological polar surface area (TPSA) is 49.4 Å². The van der Waals surface area contributed by atoms with Crippen molar-refractivity contribution in [1.82, 2.24) is 10.2 Å². The minimum Gasteiger partial charge on any atom is -0.352 e. The van der Waals surface area contributed by atoms with E-state index in [4.69, 9.17) is 0 Å². The van der Waals surface area contributed by atoms with Gasteiger partial charge >= 0.3 is 0 Å². The second-order valence-corrected chi connectivity index (χ2v) is 8.58. The number of hydrogen-bond acceptors (Lipinski definition) is 2. The Morgan fingerprint density at radius 1 is 1.00 bits per heavy atom. The molecule has 1 fully saturated rings. The van der Waals surface area contributed by atoms with Crippen LogP contribution in [-0.2, 0) is 22.6 Å². The third-order valence-electron chi connectivity index (χ3n) is 6.08. The SMILES string of the molecule is CCC(C(=O)NC1CCCCC1)N(Cc1ccc(F)cc1)C(=O)Cc1ccc(C)cc1. The Hall–Kier alpha value is -2.69. The Bertz CT molecular complexity index is 858. The molecular formula is C26H33FN2O2. The lowest BCUT2D eigenvalue weighted by Gasteiger charge is -2.33. The van der Waals surface area contributed by atoms with Crippen molar-refractivity contribution in [2.24, 2.45) is 0 Å². The van der Waals surface area contributed by atoms with Gasteiger partial charge in [0.25, 0.3) is 0 Å². The van der Waals surface area contributed by atoms with Gasteiger partial charge in [0.15, 0.2) is 0 Å². The zero-order valence-electron chi connectivity index (χ0n) is 18.6. The maximum atomic E-state index is 13.4. The van der Waals surface area contributed by atoms with Gasteiger partial charge in [-0.15, -0.1) is 0 Å². The minimum absolute atomic E-state index is 0.0891. The van der Waals surface area contributed by atoms with Crippen LogP contribution in [0, 0.1) is 12.7 Å². The maximum Gasteiger partial charge on any atom is 0.243 e. The van der Waals surface area contributed by atoms with Crippen molar-refractivity contribution < 1.29 is 14.0 Å². The van der Waals surface area contributed by atoms with E-state index in [0.29, 0.717) is 6.42 Å². The third kappa shape index (κ3) is 6.65. The molecule has 0 spiro atoms. The number of carbonyl (C=O) groups excluding carboxylic acids is 2. The average molecular weight is 425 g/mol. The predicted octanol–water partition coefficient (Wildman–Crippen LogP) is 4.93. The van der Waals surface area contributed by atoms with Crippen LogP contribution in [0.4, 0.5) is 4.39 Å². The summed E-state index contributed by atoms with van der Waals surface area (Å²) >= 11 is 0. The third-order valence-corrected chi connectivity index (χ3v) is 6.08. The Morgan fingerprint density at radius 2 is 1.61 bits per heavy atom. The van der Waals surface area contributed by atoms with Crippen LogP contribution >= 0.6 is 0 Å². The first kappa shape index (κ1) is 23.0. The molecule has 31 heavy (non-hydrogen) atoms. The number of rotatable bonds is 8. The fourth-order valence-electron chi connectivity index (χ4n) is 4.23. The fraction of sp³-hybridized carbons (Fsp3) is 0.462. The summed E-state index contributed by atoms with van der Waals surface area (Å²) in [6, 6.07) is 13.6. The summed E-state index contributed by atoms with van der Waals surface area (Å²) in [5, 5.41) is 3.18. The molecule has 0 bridgehead atoms. The molecular weight excluding hydrogens is 391 g/mol. The lowest BCUT2D eigenvalue weighted by atomic mass is 9.95. The Balaban J connectivity index is 1.79. The number of carbonyl (C=O) groups is 2. The van der Waals surface area contributed by atoms with Gasteiger partial charge in [-0.25, -0.2) is 4.39 Å². The van der Waals surface area contributed by atoms with Crippen molar-refractivity contribution in [1.29, 1.82) is 0 Å². The molecule has 3 rings (SSSR count). The normalized spacial score (nSPS) is 15.3. The van der Waals surface area contributed by atoms with E-state index < -0.39 is 6.04 Å². The molecule has 0 aromatic heterocycles. The van der Waals surface area contributed by atoms with Crippen LogP contribution in [-0.4, -0.2) is 28.8 Å². The van der Waals surface area contributed by atoms with Crippen molar-refractivity contribution in [3.63, 3.8) is 0 Å². The summed E-state index contributed by atoms with van der Waals surface area (Å²) in [6.45, 7) is 4.22. The second kappa shape index (κ2) is 11.1. The van der Waals surface area contributed by atoms with Crippen LogP contribution in [0.3, 0.4) is 0 Å².